The SMILES string of the molecule is O=c1[nH]ccn(-c2ccc(F)cn2)c1=O. The van der Waals surface area contributed by atoms with Gasteiger partial charge in [0.2, 0.25) is 0 Å². The molecule has 2 aromatic rings. The number of aromatic nitrogens is 3. The van der Waals surface area contributed by atoms with E-state index in [0.29, 0.717) is 0 Å². The molecule has 0 saturated carbocycles. The molecule has 5 nitrogen and oxygen atoms in total. The average molecular weight is 207 g/mol. The second-order valence-corrected chi connectivity index (χ2v) is 2.80. The van der Waals surface area contributed by atoms with Crippen molar-refractivity contribution in [3.8, 4) is 5.82 Å². The minimum absolute atomic E-state index is 0.201. The molecule has 0 amide bonds. The summed E-state index contributed by atoms with van der Waals surface area (Å²) in [6.07, 6.45) is 3.64. The first-order valence-corrected chi connectivity index (χ1v) is 4.11. The number of H-pyrrole nitrogens is 1. The van der Waals surface area contributed by atoms with Crippen molar-refractivity contribution in [3.63, 3.8) is 0 Å². The molecule has 0 aliphatic carbocycles. The van der Waals surface area contributed by atoms with Crippen LogP contribution in [0.3, 0.4) is 0 Å². The zero-order valence-corrected chi connectivity index (χ0v) is 7.48. The van der Waals surface area contributed by atoms with Crippen LogP contribution in [0.1, 0.15) is 0 Å². The summed E-state index contributed by atoms with van der Waals surface area (Å²) >= 11 is 0. The van der Waals surface area contributed by atoms with Crippen LogP contribution < -0.4 is 11.1 Å². The van der Waals surface area contributed by atoms with E-state index < -0.39 is 16.9 Å². The number of hydrogen-bond acceptors (Lipinski definition) is 3. The smallest absolute Gasteiger partial charge is 0.321 e. The van der Waals surface area contributed by atoms with Gasteiger partial charge in [0.05, 0.1) is 6.20 Å². The molecule has 0 bridgehead atoms. The monoisotopic (exact) mass is 207 g/mol. The molecule has 0 saturated heterocycles. The molecular weight excluding hydrogens is 201 g/mol. The number of hydrogen-bond donors (Lipinski definition) is 1. The molecule has 2 aromatic heterocycles. The van der Waals surface area contributed by atoms with Gasteiger partial charge in [0.1, 0.15) is 11.6 Å². The molecule has 0 spiro atoms. The topological polar surface area (TPSA) is 67.8 Å². The van der Waals surface area contributed by atoms with Gasteiger partial charge in [-0.05, 0) is 12.1 Å². The zero-order valence-electron chi connectivity index (χ0n) is 7.48. The molecule has 6 heteroatoms. The summed E-state index contributed by atoms with van der Waals surface area (Å²) in [6, 6.07) is 2.48. The molecule has 15 heavy (non-hydrogen) atoms. The van der Waals surface area contributed by atoms with Gasteiger partial charge in [-0.3, -0.25) is 14.2 Å². The Morgan fingerprint density at radius 3 is 2.80 bits per heavy atom. The Morgan fingerprint density at radius 1 is 1.33 bits per heavy atom. The van der Waals surface area contributed by atoms with Crippen LogP contribution in [-0.2, 0) is 0 Å². The molecule has 1 N–H and O–H groups in total. The van der Waals surface area contributed by atoms with E-state index in [9.17, 15) is 14.0 Å². The van der Waals surface area contributed by atoms with Crippen LogP contribution in [0.25, 0.3) is 5.82 Å². The Kier molecular flexibility index (Phi) is 2.17. The van der Waals surface area contributed by atoms with Crippen LogP contribution in [0.5, 0.6) is 0 Å². The molecule has 0 fully saturated rings. The summed E-state index contributed by atoms with van der Waals surface area (Å²) in [5.41, 5.74) is -1.50. The van der Waals surface area contributed by atoms with E-state index in [-0.39, 0.29) is 5.82 Å². The predicted molar refractivity (Wildman–Crippen MR) is 50.4 cm³/mol. The normalized spacial score (nSPS) is 10.2. The quantitative estimate of drug-likeness (QED) is 0.672. The Balaban J connectivity index is 2.65. The van der Waals surface area contributed by atoms with E-state index in [1.165, 1.54) is 18.5 Å². The Hall–Kier alpha value is -2.24. The molecule has 76 valence electrons. The Morgan fingerprint density at radius 2 is 2.13 bits per heavy atom. The second-order valence-electron chi connectivity index (χ2n) is 2.80. The fourth-order valence-corrected chi connectivity index (χ4v) is 1.12. The minimum Gasteiger partial charge on any atom is -0.323 e. The first-order valence-electron chi connectivity index (χ1n) is 4.11. The lowest BCUT2D eigenvalue weighted by atomic mass is 10.4. The average Bonchev–Trinajstić information content (AvgIpc) is 2.24. The van der Waals surface area contributed by atoms with E-state index in [1.807, 2.05) is 0 Å². The molecule has 2 rings (SSSR count). The fourth-order valence-electron chi connectivity index (χ4n) is 1.12. The van der Waals surface area contributed by atoms with Crippen LogP contribution in [0, 0.1) is 5.82 Å². The number of halogens is 1. The van der Waals surface area contributed by atoms with E-state index in [2.05, 4.69) is 9.97 Å². The second kappa shape index (κ2) is 3.49. The number of aromatic amines is 1. The van der Waals surface area contributed by atoms with Crippen molar-refractivity contribution < 1.29 is 4.39 Å². The molecular formula is C9H6FN3O2. The summed E-state index contributed by atoms with van der Waals surface area (Å²) in [4.78, 5) is 28.2. The van der Waals surface area contributed by atoms with E-state index >= 15 is 0 Å². The van der Waals surface area contributed by atoms with Crippen molar-refractivity contribution in [3.05, 3.63) is 57.2 Å². The van der Waals surface area contributed by atoms with Crippen LogP contribution in [0.15, 0.2) is 40.3 Å². The van der Waals surface area contributed by atoms with Crippen LogP contribution >= 0.6 is 0 Å². The standard InChI is InChI=1S/C9H6FN3O2/c10-6-1-2-7(12-5-6)13-4-3-11-8(14)9(13)15/h1-5H,(H,11,14). The van der Waals surface area contributed by atoms with Crippen LogP contribution in [0.2, 0.25) is 0 Å². The Labute approximate surface area is 82.8 Å². The van der Waals surface area contributed by atoms with Crippen molar-refractivity contribution in [1.29, 1.82) is 0 Å². The van der Waals surface area contributed by atoms with Gasteiger partial charge in [0, 0.05) is 12.4 Å². The largest absolute Gasteiger partial charge is 0.323 e. The highest BCUT2D eigenvalue weighted by molar-refractivity contribution is 5.21. The van der Waals surface area contributed by atoms with Crippen LogP contribution in [-0.4, -0.2) is 14.5 Å². The first kappa shape index (κ1) is 9.32. The molecule has 2 heterocycles. The number of nitrogens with one attached hydrogen (secondary N) is 1. The van der Waals surface area contributed by atoms with Crippen LogP contribution in [0.4, 0.5) is 4.39 Å². The van der Waals surface area contributed by atoms with E-state index in [4.69, 9.17) is 0 Å². The minimum atomic E-state index is -0.753. The number of nitrogens with zero attached hydrogens (tertiary/aromatic N) is 2. The third-order valence-electron chi connectivity index (χ3n) is 1.81. The number of pyridine rings is 1. The Bertz CT molecular complexity index is 585. The van der Waals surface area contributed by atoms with Gasteiger partial charge < -0.3 is 4.98 Å². The van der Waals surface area contributed by atoms with Gasteiger partial charge in [-0.25, -0.2) is 9.37 Å². The molecule has 0 atom stereocenters. The van der Waals surface area contributed by atoms with Gasteiger partial charge in [0.15, 0.2) is 0 Å². The van der Waals surface area contributed by atoms with Crippen molar-refractivity contribution in [1.82, 2.24) is 14.5 Å². The summed E-state index contributed by atoms with van der Waals surface area (Å²) < 4.78 is 13.6. The third kappa shape index (κ3) is 1.69. The maximum absolute atomic E-state index is 12.6. The zero-order chi connectivity index (χ0) is 10.8. The lowest BCUT2D eigenvalue weighted by Gasteiger charge is -2.01. The van der Waals surface area contributed by atoms with Crippen molar-refractivity contribution in [2.45, 2.75) is 0 Å². The van der Waals surface area contributed by atoms with Gasteiger partial charge >= 0.3 is 11.1 Å². The van der Waals surface area contributed by atoms with E-state index in [1.54, 1.807) is 0 Å². The summed E-state index contributed by atoms with van der Waals surface area (Å²) in [7, 11) is 0. The fraction of sp³-hybridized carbons (Fsp3) is 0. The molecule has 0 aromatic carbocycles. The van der Waals surface area contributed by atoms with E-state index in [0.717, 1.165) is 16.8 Å². The van der Waals surface area contributed by atoms with Gasteiger partial charge in [-0.2, -0.15) is 0 Å². The summed E-state index contributed by atoms with van der Waals surface area (Å²) in [5, 5.41) is 0. The van der Waals surface area contributed by atoms with Crippen molar-refractivity contribution >= 4 is 0 Å². The predicted octanol–water partition coefficient (Wildman–Crippen LogP) is 0.0599. The third-order valence-corrected chi connectivity index (χ3v) is 1.81. The first-order chi connectivity index (χ1) is 7.18. The highest BCUT2D eigenvalue weighted by atomic mass is 19.1. The molecule has 0 aliphatic rings. The maximum Gasteiger partial charge on any atom is 0.321 e. The summed E-state index contributed by atoms with van der Waals surface area (Å²) in [6.45, 7) is 0. The van der Waals surface area contributed by atoms with Gasteiger partial charge in [-0.1, -0.05) is 0 Å². The summed E-state index contributed by atoms with van der Waals surface area (Å²) in [5.74, 6) is -0.302. The lowest BCUT2D eigenvalue weighted by Crippen LogP contribution is -2.34. The molecule has 0 unspecified atom stereocenters. The van der Waals surface area contributed by atoms with Gasteiger partial charge in [0.25, 0.3) is 0 Å². The van der Waals surface area contributed by atoms with Crippen molar-refractivity contribution in [2.24, 2.45) is 0 Å². The molecule has 0 aliphatic heterocycles. The number of rotatable bonds is 1. The highest BCUT2D eigenvalue weighted by Crippen LogP contribution is 2.00. The lowest BCUT2D eigenvalue weighted by molar-refractivity contribution is 0.620. The molecule has 0 radical (unpaired) electrons. The van der Waals surface area contributed by atoms with Crippen molar-refractivity contribution in [2.75, 3.05) is 0 Å². The van der Waals surface area contributed by atoms with Gasteiger partial charge in [-0.15, -0.1) is 0 Å². The maximum atomic E-state index is 12.6. The highest BCUT2D eigenvalue weighted by Gasteiger charge is 2.02.